The van der Waals surface area contributed by atoms with Crippen LogP contribution in [0.25, 0.3) is 0 Å². The molecule has 0 radical (unpaired) electrons. The van der Waals surface area contributed by atoms with E-state index in [1.807, 2.05) is 25.1 Å². The van der Waals surface area contributed by atoms with Crippen LogP contribution in [0.4, 0.5) is 0 Å². The van der Waals surface area contributed by atoms with Gasteiger partial charge in [-0.1, -0.05) is 41.1 Å². The van der Waals surface area contributed by atoms with Crippen molar-refractivity contribution in [1.29, 1.82) is 0 Å². The predicted molar refractivity (Wildman–Crippen MR) is 58.3 cm³/mol. The van der Waals surface area contributed by atoms with Crippen molar-refractivity contribution in [3.63, 3.8) is 0 Å². The Bertz CT molecular complexity index is 332. The van der Waals surface area contributed by atoms with Crippen LogP contribution in [-0.4, -0.2) is 11.3 Å². The van der Waals surface area contributed by atoms with Crippen LogP contribution < -0.4 is 10.9 Å². The molecule has 3 unspecified atom stereocenters. The van der Waals surface area contributed by atoms with Gasteiger partial charge in [-0.15, -0.1) is 0 Å². The van der Waals surface area contributed by atoms with Gasteiger partial charge in [0.15, 0.2) is 0 Å². The average molecular weight is 257 g/mol. The normalized spacial score (nSPS) is 32.1. The highest BCUT2D eigenvalue weighted by Crippen LogP contribution is 2.31. The summed E-state index contributed by atoms with van der Waals surface area (Å²) in [5, 5.41) is 9.53. The second-order valence-corrected chi connectivity index (χ2v) is 4.45. The summed E-state index contributed by atoms with van der Waals surface area (Å²) in [4.78, 5) is 0. The fourth-order valence-corrected chi connectivity index (χ4v) is 2.24. The monoisotopic (exact) mass is 256 g/mol. The van der Waals surface area contributed by atoms with E-state index in [9.17, 15) is 5.11 Å². The smallest absolute Gasteiger partial charge is 0.121 e. The van der Waals surface area contributed by atoms with Crippen molar-refractivity contribution >= 4 is 15.9 Å². The number of hydrogen-bond donors (Lipinski definition) is 3. The Balaban J connectivity index is 2.28. The van der Waals surface area contributed by atoms with E-state index in [2.05, 4.69) is 32.8 Å². The average Bonchev–Trinajstić information content (AvgIpc) is 2.49. The molecule has 3 N–H and O–H groups in total. The molecule has 0 aliphatic carbocycles. The van der Waals surface area contributed by atoms with Crippen molar-refractivity contribution < 1.29 is 5.11 Å². The first kappa shape index (κ1) is 10.1. The highest BCUT2D eigenvalue weighted by molar-refractivity contribution is 9.10. The van der Waals surface area contributed by atoms with E-state index in [1.54, 1.807) is 0 Å². The number of benzene rings is 1. The highest BCUT2D eigenvalue weighted by atomic mass is 79.9. The largest absolute Gasteiger partial charge is 0.377 e. The molecule has 1 fully saturated rings. The molecule has 76 valence electrons. The SMILES string of the molecule is CC1C(O)NNC1c1ccccc1Br. The maximum Gasteiger partial charge on any atom is 0.121 e. The Morgan fingerprint density at radius 2 is 2.00 bits per heavy atom. The first-order valence-corrected chi connectivity index (χ1v) is 5.43. The second-order valence-electron chi connectivity index (χ2n) is 3.59. The van der Waals surface area contributed by atoms with Crippen LogP contribution in [0.1, 0.15) is 18.5 Å². The molecule has 3 atom stereocenters. The summed E-state index contributed by atoms with van der Waals surface area (Å²) in [6.45, 7) is 2.02. The summed E-state index contributed by atoms with van der Waals surface area (Å²) in [7, 11) is 0. The molecule has 0 spiro atoms. The third-order valence-corrected chi connectivity index (χ3v) is 3.37. The van der Waals surface area contributed by atoms with Crippen LogP contribution in [0.2, 0.25) is 0 Å². The number of rotatable bonds is 1. The molecule has 0 aromatic heterocycles. The van der Waals surface area contributed by atoms with Crippen molar-refractivity contribution in [1.82, 2.24) is 10.9 Å². The van der Waals surface area contributed by atoms with Gasteiger partial charge < -0.3 is 5.11 Å². The summed E-state index contributed by atoms with van der Waals surface area (Å²) < 4.78 is 1.07. The molecule has 1 saturated heterocycles. The molecule has 1 aromatic carbocycles. The maximum absolute atomic E-state index is 9.53. The Labute approximate surface area is 91.6 Å². The quantitative estimate of drug-likeness (QED) is 0.715. The van der Waals surface area contributed by atoms with Gasteiger partial charge in [-0.05, 0) is 11.6 Å². The number of nitrogens with one attached hydrogen (secondary N) is 2. The Hall–Kier alpha value is -0.420. The highest BCUT2D eigenvalue weighted by Gasteiger charge is 2.32. The van der Waals surface area contributed by atoms with Crippen LogP contribution in [0, 0.1) is 5.92 Å². The number of aliphatic hydroxyl groups is 1. The van der Waals surface area contributed by atoms with Gasteiger partial charge in [-0.3, -0.25) is 0 Å². The standard InChI is InChI=1S/C10H13BrN2O/c1-6-9(12-13-10(6)14)7-4-2-3-5-8(7)11/h2-6,9-10,12-14H,1H3. The van der Waals surface area contributed by atoms with Crippen LogP contribution in [0.15, 0.2) is 28.7 Å². The zero-order valence-electron chi connectivity index (χ0n) is 7.87. The molecule has 1 aromatic rings. The van der Waals surface area contributed by atoms with Crippen molar-refractivity contribution in [3.8, 4) is 0 Å². The van der Waals surface area contributed by atoms with E-state index in [-0.39, 0.29) is 12.0 Å². The Morgan fingerprint density at radius 3 is 2.57 bits per heavy atom. The second kappa shape index (κ2) is 3.98. The topological polar surface area (TPSA) is 44.3 Å². The lowest BCUT2D eigenvalue weighted by atomic mass is 9.96. The predicted octanol–water partition coefficient (Wildman–Crippen LogP) is 1.55. The van der Waals surface area contributed by atoms with Crippen LogP contribution in [-0.2, 0) is 0 Å². The van der Waals surface area contributed by atoms with E-state index in [1.165, 1.54) is 5.56 Å². The molecule has 1 heterocycles. The zero-order chi connectivity index (χ0) is 10.1. The molecular formula is C10H13BrN2O. The van der Waals surface area contributed by atoms with Crippen LogP contribution >= 0.6 is 15.9 Å². The molecule has 3 nitrogen and oxygen atoms in total. The van der Waals surface area contributed by atoms with Crippen molar-refractivity contribution in [2.75, 3.05) is 0 Å². The van der Waals surface area contributed by atoms with E-state index >= 15 is 0 Å². The minimum absolute atomic E-state index is 0.153. The number of hydrogen-bond acceptors (Lipinski definition) is 3. The number of aliphatic hydroxyl groups excluding tert-OH is 1. The fourth-order valence-electron chi connectivity index (χ4n) is 1.71. The first-order valence-electron chi connectivity index (χ1n) is 4.63. The summed E-state index contributed by atoms with van der Waals surface area (Å²) in [6, 6.07) is 8.20. The lowest BCUT2D eigenvalue weighted by Crippen LogP contribution is -2.31. The van der Waals surface area contributed by atoms with Gasteiger partial charge in [-0.25, -0.2) is 10.9 Å². The molecule has 4 heteroatoms. The molecule has 1 aliphatic heterocycles. The summed E-state index contributed by atoms with van der Waals surface area (Å²) >= 11 is 3.50. The van der Waals surface area contributed by atoms with Crippen molar-refractivity contribution in [3.05, 3.63) is 34.3 Å². The van der Waals surface area contributed by atoms with E-state index < -0.39 is 6.23 Å². The minimum Gasteiger partial charge on any atom is -0.377 e. The van der Waals surface area contributed by atoms with Gasteiger partial charge in [0.25, 0.3) is 0 Å². The molecule has 0 saturated carbocycles. The molecule has 2 rings (SSSR count). The first-order chi connectivity index (χ1) is 6.70. The number of hydrazine groups is 1. The summed E-state index contributed by atoms with van der Waals surface area (Å²) in [6.07, 6.45) is -0.480. The van der Waals surface area contributed by atoms with Gasteiger partial charge in [0.2, 0.25) is 0 Å². The van der Waals surface area contributed by atoms with E-state index in [0.717, 1.165) is 4.47 Å². The molecular weight excluding hydrogens is 244 g/mol. The van der Waals surface area contributed by atoms with Crippen LogP contribution in [0.3, 0.4) is 0 Å². The molecule has 1 aliphatic rings. The van der Waals surface area contributed by atoms with Gasteiger partial charge in [-0.2, -0.15) is 0 Å². The number of halogens is 1. The summed E-state index contributed by atoms with van der Waals surface area (Å²) in [5.41, 5.74) is 7.08. The molecule has 0 bridgehead atoms. The Kier molecular flexibility index (Phi) is 2.88. The van der Waals surface area contributed by atoms with E-state index in [4.69, 9.17) is 0 Å². The van der Waals surface area contributed by atoms with Gasteiger partial charge >= 0.3 is 0 Å². The lowest BCUT2D eigenvalue weighted by Gasteiger charge is -2.17. The molecule has 0 amide bonds. The van der Waals surface area contributed by atoms with Gasteiger partial charge in [0.05, 0.1) is 6.04 Å². The minimum atomic E-state index is -0.480. The zero-order valence-corrected chi connectivity index (χ0v) is 9.45. The lowest BCUT2D eigenvalue weighted by molar-refractivity contribution is 0.114. The third kappa shape index (κ3) is 1.70. The molecule has 14 heavy (non-hydrogen) atoms. The van der Waals surface area contributed by atoms with Gasteiger partial charge in [0, 0.05) is 10.4 Å². The van der Waals surface area contributed by atoms with Crippen LogP contribution in [0.5, 0.6) is 0 Å². The summed E-state index contributed by atoms with van der Waals surface area (Å²) in [5.74, 6) is 0.161. The maximum atomic E-state index is 9.53. The van der Waals surface area contributed by atoms with E-state index in [0.29, 0.717) is 0 Å². The van der Waals surface area contributed by atoms with Gasteiger partial charge in [0.1, 0.15) is 6.23 Å². The van der Waals surface area contributed by atoms with Crippen molar-refractivity contribution in [2.45, 2.75) is 19.2 Å². The third-order valence-electron chi connectivity index (χ3n) is 2.65. The van der Waals surface area contributed by atoms with Crippen molar-refractivity contribution in [2.24, 2.45) is 5.92 Å². The fraction of sp³-hybridized carbons (Fsp3) is 0.400. The Morgan fingerprint density at radius 1 is 1.29 bits per heavy atom.